The lowest BCUT2D eigenvalue weighted by Gasteiger charge is -2.12. The van der Waals surface area contributed by atoms with E-state index in [0.717, 1.165) is 11.0 Å². The second-order valence-electron chi connectivity index (χ2n) is 3.94. The van der Waals surface area contributed by atoms with E-state index in [2.05, 4.69) is 20.6 Å². The van der Waals surface area contributed by atoms with Crippen LogP contribution in [-0.4, -0.2) is 34.9 Å². The molecule has 2 aromatic rings. The number of carbonyl (C=O) groups is 2. The van der Waals surface area contributed by atoms with Crippen molar-refractivity contribution in [1.82, 2.24) is 20.6 Å². The zero-order valence-corrected chi connectivity index (χ0v) is 10.2. The van der Waals surface area contributed by atoms with Gasteiger partial charge in [0.25, 0.3) is 5.91 Å². The molecule has 2 rings (SSSR count). The average Bonchev–Trinajstić information content (AvgIpc) is 2.84. The molecule has 2 amide bonds. The Balaban J connectivity index is 2.15. The summed E-state index contributed by atoms with van der Waals surface area (Å²) in [4.78, 5) is 30.2. The number of benzene rings is 1. The van der Waals surface area contributed by atoms with Crippen LogP contribution in [0.3, 0.4) is 0 Å². The molecule has 0 saturated carbocycles. The Kier molecular flexibility index (Phi) is 3.27. The number of H-pyrrole nitrogens is 1. The highest BCUT2D eigenvalue weighted by atomic mass is 16.2. The van der Waals surface area contributed by atoms with E-state index in [-0.39, 0.29) is 11.8 Å². The largest absolute Gasteiger partial charge is 0.357 e. The summed E-state index contributed by atoms with van der Waals surface area (Å²) in [6.45, 7) is 1.63. The van der Waals surface area contributed by atoms with Crippen molar-refractivity contribution in [1.29, 1.82) is 0 Å². The summed E-state index contributed by atoms with van der Waals surface area (Å²) in [5.74, 6) is -0.520. The molecule has 0 bridgehead atoms. The van der Waals surface area contributed by atoms with Crippen molar-refractivity contribution in [3.05, 3.63) is 30.1 Å². The number of rotatable bonds is 3. The van der Waals surface area contributed by atoms with E-state index in [0.29, 0.717) is 5.56 Å². The molecule has 18 heavy (non-hydrogen) atoms. The first-order valence-corrected chi connectivity index (χ1v) is 5.57. The number of likely N-dealkylation sites (N-methyl/N-ethyl adjacent to an activating group) is 1. The second kappa shape index (κ2) is 4.87. The van der Waals surface area contributed by atoms with Crippen LogP contribution in [0.15, 0.2) is 24.5 Å². The molecule has 0 radical (unpaired) electrons. The van der Waals surface area contributed by atoms with Gasteiger partial charge in [0.15, 0.2) is 0 Å². The van der Waals surface area contributed by atoms with Crippen molar-refractivity contribution in [2.75, 3.05) is 7.05 Å². The number of imidazole rings is 1. The number of aromatic nitrogens is 2. The van der Waals surface area contributed by atoms with E-state index in [1.807, 2.05) is 0 Å². The Hall–Kier alpha value is -2.37. The van der Waals surface area contributed by atoms with E-state index in [1.54, 1.807) is 31.5 Å². The zero-order valence-electron chi connectivity index (χ0n) is 10.2. The molecule has 1 atom stereocenters. The maximum Gasteiger partial charge on any atom is 0.251 e. The first-order valence-electron chi connectivity index (χ1n) is 5.57. The van der Waals surface area contributed by atoms with Crippen LogP contribution in [0.25, 0.3) is 11.0 Å². The third kappa shape index (κ3) is 2.32. The predicted molar refractivity (Wildman–Crippen MR) is 67.1 cm³/mol. The van der Waals surface area contributed by atoms with Gasteiger partial charge >= 0.3 is 0 Å². The third-order valence-electron chi connectivity index (χ3n) is 2.67. The topological polar surface area (TPSA) is 86.9 Å². The minimum atomic E-state index is -0.569. The Morgan fingerprint density at radius 3 is 2.89 bits per heavy atom. The predicted octanol–water partition coefficient (Wildman–Crippen LogP) is 0.427. The summed E-state index contributed by atoms with van der Waals surface area (Å²) in [6.07, 6.45) is 1.57. The van der Waals surface area contributed by atoms with E-state index < -0.39 is 6.04 Å². The van der Waals surface area contributed by atoms with E-state index in [9.17, 15) is 9.59 Å². The smallest absolute Gasteiger partial charge is 0.251 e. The fourth-order valence-electron chi connectivity index (χ4n) is 1.64. The number of fused-ring (bicyclic) bond motifs is 1. The normalized spacial score (nSPS) is 12.1. The average molecular weight is 246 g/mol. The van der Waals surface area contributed by atoms with Crippen LogP contribution >= 0.6 is 0 Å². The highest BCUT2D eigenvalue weighted by Crippen LogP contribution is 2.11. The summed E-state index contributed by atoms with van der Waals surface area (Å²) < 4.78 is 0. The molecule has 1 aromatic carbocycles. The zero-order chi connectivity index (χ0) is 13.1. The van der Waals surface area contributed by atoms with E-state index in [1.165, 1.54) is 7.05 Å². The molecule has 0 aliphatic heterocycles. The lowest BCUT2D eigenvalue weighted by atomic mass is 10.1. The SMILES string of the molecule is CNC(=O)C(C)NC(=O)c1ccc2nc[nH]c2c1. The summed E-state index contributed by atoms with van der Waals surface area (Å²) in [5.41, 5.74) is 2.07. The molecule has 0 spiro atoms. The minimum absolute atomic E-state index is 0.231. The van der Waals surface area contributed by atoms with E-state index >= 15 is 0 Å². The molecule has 0 fully saturated rings. The summed E-state index contributed by atoms with van der Waals surface area (Å²) in [5, 5.41) is 5.10. The Labute approximate surface area is 104 Å². The van der Waals surface area contributed by atoms with Crippen LogP contribution in [0.4, 0.5) is 0 Å². The van der Waals surface area contributed by atoms with Gasteiger partial charge in [-0.1, -0.05) is 0 Å². The molecule has 1 aromatic heterocycles. The number of amides is 2. The van der Waals surface area contributed by atoms with Crippen LogP contribution in [0.2, 0.25) is 0 Å². The molecule has 3 N–H and O–H groups in total. The fourth-order valence-corrected chi connectivity index (χ4v) is 1.64. The van der Waals surface area contributed by atoms with Crippen LogP contribution in [-0.2, 0) is 4.79 Å². The summed E-state index contributed by atoms with van der Waals surface area (Å²) >= 11 is 0. The molecular formula is C12H14N4O2. The van der Waals surface area contributed by atoms with Crippen molar-refractivity contribution in [2.45, 2.75) is 13.0 Å². The molecule has 0 saturated heterocycles. The molecule has 6 nitrogen and oxygen atoms in total. The van der Waals surface area contributed by atoms with Crippen LogP contribution in [0, 0.1) is 0 Å². The number of aromatic amines is 1. The van der Waals surface area contributed by atoms with Crippen molar-refractivity contribution in [2.24, 2.45) is 0 Å². The second-order valence-corrected chi connectivity index (χ2v) is 3.94. The standard InChI is InChI=1S/C12H14N4O2/c1-7(11(17)13-2)16-12(18)8-3-4-9-10(5-8)15-6-14-9/h3-7H,1-2H3,(H,13,17)(H,14,15)(H,16,18). The highest BCUT2D eigenvalue weighted by Gasteiger charge is 2.15. The summed E-state index contributed by atoms with van der Waals surface area (Å²) in [6, 6.07) is 4.56. The van der Waals surface area contributed by atoms with Gasteiger partial charge in [-0.05, 0) is 25.1 Å². The Morgan fingerprint density at radius 2 is 2.17 bits per heavy atom. The monoisotopic (exact) mass is 246 g/mol. The van der Waals surface area contributed by atoms with E-state index in [4.69, 9.17) is 0 Å². The molecular weight excluding hydrogens is 232 g/mol. The number of nitrogens with zero attached hydrogens (tertiary/aromatic N) is 1. The highest BCUT2D eigenvalue weighted by molar-refractivity contribution is 5.99. The number of hydrogen-bond donors (Lipinski definition) is 3. The Bertz CT molecular complexity index is 591. The van der Waals surface area contributed by atoms with Crippen molar-refractivity contribution in [3.8, 4) is 0 Å². The van der Waals surface area contributed by atoms with Gasteiger partial charge in [0.05, 0.1) is 17.4 Å². The minimum Gasteiger partial charge on any atom is -0.357 e. The van der Waals surface area contributed by atoms with Gasteiger partial charge in [0.2, 0.25) is 5.91 Å². The van der Waals surface area contributed by atoms with Crippen molar-refractivity contribution < 1.29 is 9.59 Å². The number of nitrogens with one attached hydrogen (secondary N) is 3. The van der Waals surface area contributed by atoms with Gasteiger partial charge in [-0.25, -0.2) is 4.98 Å². The van der Waals surface area contributed by atoms with Gasteiger partial charge in [-0.2, -0.15) is 0 Å². The quantitative estimate of drug-likeness (QED) is 0.733. The van der Waals surface area contributed by atoms with Gasteiger partial charge in [-0.15, -0.1) is 0 Å². The summed E-state index contributed by atoms with van der Waals surface area (Å²) in [7, 11) is 1.53. The molecule has 0 aliphatic carbocycles. The number of hydrogen-bond acceptors (Lipinski definition) is 3. The van der Waals surface area contributed by atoms with Crippen LogP contribution < -0.4 is 10.6 Å². The molecule has 1 heterocycles. The maximum absolute atomic E-state index is 11.9. The molecule has 1 unspecified atom stereocenters. The third-order valence-corrected chi connectivity index (χ3v) is 2.67. The van der Waals surface area contributed by atoms with Crippen molar-refractivity contribution in [3.63, 3.8) is 0 Å². The molecule has 6 heteroatoms. The van der Waals surface area contributed by atoms with Gasteiger partial charge in [0.1, 0.15) is 6.04 Å². The van der Waals surface area contributed by atoms with Gasteiger partial charge < -0.3 is 15.6 Å². The van der Waals surface area contributed by atoms with Gasteiger partial charge in [0, 0.05) is 12.6 Å². The number of carbonyl (C=O) groups excluding carboxylic acids is 2. The maximum atomic E-state index is 11.9. The lowest BCUT2D eigenvalue weighted by Crippen LogP contribution is -2.43. The first kappa shape index (κ1) is 12.1. The first-order chi connectivity index (χ1) is 8.61. The van der Waals surface area contributed by atoms with Gasteiger partial charge in [-0.3, -0.25) is 9.59 Å². The van der Waals surface area contributed by atoms with Crippen molar-refractivity contribution >= 4 is 22.8 Å². The van der Waals surface area contributed by atoms with Crippen LogP contribution in [0.1, 0.15) is 17.3 Å². The fraction of sp³-hybridized carbons (Fsp3) is 0.250. The molecule has 94 valence electrons. The molecule has 0 aliphatic rings. The Morgan fingerprint density at radius 1 is 1.39 bits per heavy atom. The van der Waals surface area contributed by atoms with Crippen LogP contribution in [0.5, 0.6) is 0 Å². The lowest BCUT2D eigenvalue weighted by molar-refractivity contribution is -0.122.